The molecule has 152 valence electrons. The molecular weight excluding hydrogens is 382 g/mol. The maximum Gasteiger partial charge on any atom is 0.338 e. The molecule has 0 spiro atoms. The number of nitrogens with zero attached hydrogens (tertiary/aromatic N) is 1. The van der Waals surface area contributed by atoms with E-state index < -0.39 is 0 Å². The molecule has 0 saturated heterocycles. The molecule has 0 unspecified atom stereocenters. The van der Waals surface area contributed by atoms with Gasteiger partial charge in [0.25, 0.3) is 0 Å². The first-order valence-corrected chi connectivity index (χ1v) is 10.3. The van der Waals surface area contributed by atoms with Crippen molar-refractivity contribution in [1.29, 1.82) is 0 Å². The Morgan fingerprint density at radius 2 is 1.76 bits per heavy atom. The molecule has 4 heteroatoms. The number of ether oxygens (including phenoxy) is 1. The highest BCUT2D eigenvalue weighted by Gasteiger charge is 2.38. The summed E-state index contributed by atoms with van der Waals surface area (Å²) in [6.45, 7) is 12.8. The molecule has 2 aromatic carbocycles. The molecular formula is C25H28ClNO2. The highest BCUT2D eigenvalue weighted by molar-refractivity contribution is 6.34. The maximum atomic E-state index is 11.9. The Morgan fingerprint density at radius 1 is 1.10 bits per heavy atom. The Kier molecular flexibility index (Phi) is 6.00. The van der Waals surface area contributed by atoms with Crippen LogP contribution < -0.4 is 0 Å². The highest BCUT2D eigenvalue weighted by Crippen LogP contribution is 2.48. The number of hydrogen-bond acceptors (Lipinski definition) is 3. The second kappa shape index (κ2) is 8.16. The fourth-order valence-corrected chi connectivity index (χ4v) is 4.32. The molecule has 0 fully saturated rings. The summed E-state index contributed by atoms with van der Waals surface area (Å²) in [5.41, 5.74) is 4.88. The third-order valence-electron chi connectivity index (χ3n) is 5.74. The predicted molar refractivity (Wildman–Crippen MR) is 121 cm³/mol. The molecule has 0 aromatic heterocycles. The predicted octanol–water partition coefficient (Wildman–Crippen LogP) is 6.78. The topological polar surface area (TPSA) is 38.7 Å². The SMILES string of the molecule is C=CCOC(=O)c1ccc(N=Cc2ccc3c(c2Cl)C(C)(C)CCC3(C)C)cc1. The quantitative estimate of drug-likeness (QED) is 0.310. The van der Waals surface area contributed by atoms with E-state index in [1.165, 1.54) is 11.1 Å². The van der Waals surface area contributed by atoms with Crippen LogP contribution in [0.4, 0.5) is 5.69 Å². The van der Waals surface area contributed by atoms with Crippen molar-refractivity contribution in [2.45, 2.75) is 51.4 Å². The van der Waals surface area contributed by atoms with E-state index in [0.29, 0.717) is 5.56 Å². The fraction of sp³-hybridized carbons (Fsp3) is 0.360. The van der Waals surface area contributed by atoms with Gasteiger partial charge < -0.3 is 4.74 Å². The minimum absolute atomic E-state index is 0.0409. The monoisotopic (exact) mass is 409 g/mol. The van der Waals surface area contributed by atoms with Crippen LogP contribution in [-0.2, 0) is 15.6 Å². The van der Waals surface area contributed by atoms with Crippen molar-refractivity contribution < 1.29 is 9.53 Å². The van der Waals surface area contributed by atoms with Crippen molar-refractivity contribution >= 4 is 29.5 Å². The fourth-order valence-electron chi connectivity index (χ4n) is 3.85. The van der Waals surface area contributed by atoms with E-state index in [4.69, 9.17) is 16.3 Å². The first-order valence-electron chi connectivity index (χ1n) is 9.91. The summed E-state index contributed by atoms with van der Waals surface area (Å²) in [7, 11) is 0. The third kappa shape index (κ3) is 4.45. The van der Waals surface area contributed by atoms with E-state index in [9.17, 15) is 4.79 Å². The van der Waals surface area contributed by atoms with Crippen molar-refractivity contribution in [3.8, 4) is 0 Å². The van der Waals surface area contributed by atoms with Gasteiger partial charge in [0, 0.05) is 11.8 Å². The van der Waals surface area contributed by atoms with Crippen LogP contribution in [0.15, 0.2) is 54.0 Å². The first-order chi connectivity index (χ1) is 13.7. The van der Waals surface area contributed by atoms with Crippen LogP contribution >= 0.6 is 11.6 Å². The van der Waals surface area contributed by atoms with Gasteiger partial charge in [-0.15, -0.1) is 0 Å². The lowest BCUT2D eigenvalue weighted by molar-refractivity contribution is 0.0550. The van der Waals surface area contributed by atoms with Crippen LogP contribution in [0.1, 0.15) is 67.6 Å². The highest BCUT2D eigenvalue weighted by atomic mass is 35.5. The molecule has 1 aliphatic carbocycles. The molecule has 0 amide bonds. The number of halogens is 1. The Hall–Kier alpha value is -2.39. The van der Waals surface area contributed by atoms with E-state index in [1.54, 1.807) is 36.6 Å². The molecule has 0 heterocycles. The smallest absolute Gasteiger partial charge is 0.338 e. The molecule has 3 nitrogen and oxygen atoms in total. The largest absolute Gasteiger partial charge is 0.458 e. The van der Waals surface area contributed by atoms with E-state index in [2.05, 4.69) is 51.4 Å². The molecule has 1 aliphatic rings. The van der Waals surface area contributed by atoms with Gasteiger partial charge in [-0.05, 0) is 59.1 Å². The van der Waals surface area contributed by atoms with Gasteiger partial charge in [-0.2, -0.15) is 0 Å². The molecule has 0 N–H and O–H groups in total. The zero-order valence-corrected chi connectivity index (χ0v) is 18.3. The molecule has 3 rings (SSSR count). The van der Waals surface area contributed by atoms with E-state index >= 15 is 0 Å². The number of hydrogen-bond donors (Lipinski definition) is 0. The van der Waals surface area contributed by atoms with Crippen LogP contribution in [0.25, 0.3) is 0 Å². The van der Waals surface area contributed by atoms with E-state index in [1.807, 2.05) is 0 Å². The standard InChI is InChI=1S/C25H28ClNO2/c1-6-15-29-23(28)17-7-10-19(11-8-17)27-16-18-9-12-20-21(22(18)26)25(4,5)14-13-24(20,2)3/h6-12,16H,1,13-15H2,2-5H3. The maximum absolute atomic E-state index is 11.9. The number of aliphatic imine (C=N–C) groups is 1. The number of carbonyl (C=O) groups is 1. The molecule has 0 radical (unpaired) electrons. The van der Waals surface area contributed by atoms with Crippen LogP contribution in [-0.4, -0.2) is 18.8 Å². The zero-order valence-electron chi connectivity index (χ0n) is 17.6. The summed E-state index contributed by atoms with van der Waals surface area (Å²) in [6, 6.07) is 11.2. The number of carbonyl (C=O) groups excluding carboxylic acids is 1. The van der Waals surface area contributed by atoms with E-state index in [-0.39, 0.29) is 23.4 Å². The zero-order chi connectivity index (χ0) is 21.2. The minimum Gasteiger partial charge on any atom is -0.458 e. The van der Waals surface area contributed by atoms with Crippen LogP contribution in [0.5, 0.6) is 0 Å². The van der Waals surface area contributed by atoms with Gasteiger partial charge in [-0.25, -0.2) is 4.79 Å². The summed E-state index contributed by atoms with van der Waals surface area (Å²) >= 11 is 6.86. The summed E-state index contributed by atoms with van der Waals surface area (Å²) in [6.07, 6.45) is 5.60. The van der Waals surface area contributed by atoms with Gasteiger partial charge in [0.1, 0.15) is 6.61 Å². The second-order valence-corrected chi connectivity index (χ2v) is 9.23. The van der Waals surface area contributed by atoms with Crippen molar-refractivity contribution in [2.24, 2.45) is 4.99 Å². The van der Waals surface area contributed by atoms with Crippen molar-refractivity contribution in [3.05, 3.63) is 76.3 Å². The molecule has 2 aromatic rings. The van der Waals surface area contributed by atoms with Crippen molar-refractivity contribution in [2.75, 3.05) is 6.61 Å². The Balaban J connectivity index is 1.87. The lowest BCUT2D eigenvalue weighted by Gasteiger charge is -2.42. The van der Waals surface area contributed by atoms with Gasteiger partial charge in [0.05, 0.1) is 16.3 Å². The number of esters is 1. The molecule has 0 saturated carbocycles. The van der Waals surface area contributed by atoms with Gasteiger partial charge >= 0.3 is 5.97 Å². The van der Waals surface area contributed by atoms with Gasteiger partial charge in [0.2, 0.25) is 0 Å². The van der Waals surface area contributed by atoms with Crippen LogP contribution in [0.3, 0.4) is 0 Å². The number of benzene rings is 2. The average molecular weight is 410 g/mol. The first kappa shape index (κ1) is 21.3. The lowest BCUT2D eigenvalue weighted by atomic mass is 9.63. The molecule has 0 atom stereocenters. The summed E-state index contributed by atoms with van der Waals surface area (Å²) in [5, 5.41) is 0.786. The number of fused-ring (bicyclic) bond motifs is 1. The Morgan fingerprint density at radius 3 is 2.41 bits per heavy atom. The lowest BCUT2D eigenvalue weighted by Crippen LogP contribution is -2.34. The van der Waals surface area contributed by atoms with Crippen molar-refractivity contribution in [1.82, 2.24) is 0 Å². The van der Waals surface area contributed by atoms with Gasteiger partial charge in [0.15, 0.2) is 0 Å². The molecule has 29 heavy (non-hydrogen) atoms. The molecule has 0 aliphatic heterocycles. The van der Waals surface area contributed by atoms with Crippen LogP contribution in [0, 0.1) is 0 Å². The Bertz CT molecular complexity index is 956. The Labute approximate surface area is 178 Å². The number of rotatable bonds is 5. The summed E-state index contributed by atoms with van der Waals surface area (Å²) in [5.74, 6) is -0.372. The van der Waals surface area contributed by atoms with Crippen molar-refractivity contribution in [3.63, 3.8) is 0 Å². The molecule has 0 bridgehead atoms. The average Bonchev–Trinajstić information content (AvgIpc) is 2.69. The third-order valence-corrected chi connectivity index (χ3v) is 6.15. The van der Waals surface area contributed by atoms with Crippen LogP contribution in [0.2, 0.25) is 5.02 Å². The normalized spacial score (nSPS) is 17.0. The van der Waals surface area contributed by atoms with Gasteiger partial charge in [-0.3, -0.25) is 4.99 Å². The second-order valence-electron chi connectivity index (χ2n) is 8.85. The summed E-state index contributed by atoms with van der Waals surface area (Å²) in [4.78, 5) is 16.4. The summed E-state index contributed by atoms with van der Waals surface area (Å²) < 4.78 is 5.04. The van der Waals surface area contributed by atoms with Gasteiger partial charge in [-0.1, -0.05) is 64.1 Å². The minimum atomic E-state index is -0.372. The van der Waals surface area contributed by atoms with E-state index in [0.717, 1.165) is 29.1 Å².